The van der Waals surface area contributed by atoms with E-state index in [4.69, 9.17) is 5.26 Å². The molecule has 0 saturated carbocycles. The zero-order chi connectivity index (χ0) is 14.4. The van der Waals surface area contributed by atoms with Gasteiger partial charge < -0.3 is 0 Å². The van der Waals surface area contributed by atoms with Gasteiger partial charge in [-0.25, -0.2) is 0 Å². The Morgan fingerprint density at radius 2 is 1.85 bits per heavy atom. The second kappa shape index (κ2) is 6.36. The lowest BCUT2D eigenvalue weighted by atomic mass is 10.2. The average Bonchev–Trinajstić information content (AvgIpc) is 2.93. The molecule has 0 aliphatic rings. The van der Waals surface area contributed by atoms with Crippen LogP contribution in [0.5, 0.6) is 0 Å². The Hall–Kier alpha value is -2.85. The van der Waals surface area contributed by atoms with Gasteiger partial charge in [0.05, 0.1) is 33.9 Å². The topological polar surface area (TPSA) is 91.7 Å². The number of nitriles is 1. The van der Waals surface area contributed by atoms with Gasteiger partial charge in [0, 0.05) is 6.07 Å². The summed E-state index contributed by atoms with van der Waals surface area (Å²) >= 11 is 1.03. The molecule has 0 aliphatic heterocycles. The second-order valence-electron chi connectivity index (χ2n) is 3.66. The van der Waals surface area contributed by atoms with Crippen molar-refractivity contribution in [3.8, 4) is 6.07 Å². The van der Waals surface area contributed by atoms with Gasteiger partial charge in [0.1, 0.15) is 0 Å². The van der Waals surface area contributed by atoms with Gasteiger partial charge >= 0.3 is 5.00 Å². The zero-order valence-electron chi connectivity index (χ0n) is 10.1. The molecule has 1 heterocycles. The molecule has 0 N–H and O–H groups in total. The molecule has 7 heteroatoms. The molecule has 0 aliphatic carbocycles. The Morgan fingerprint density at radius 3 is 2.45 bits per heavy atom. The summed E-state index contributed by atoms with van der Waals surface area (Å²) in [7, 11) is 0. The highest BCUT2D eigenvalue weighted by Crippen LogP contribution is 2.22. The van der Waals surface area contributed by atoms with Crippen molar-refractivity contribution < 1.29 is 4.92 Å². The maximum Gasteiger partial charge on any atom is 0.324 e. The van der Waals surface area contributed by atoms with Gasteiger partial charge in [0.15, 0.2) is 0 Å². The van der Waals surface area contributed by atoms with E-state index in [1.807, 2.05) is 6.07 Å². The normalized spacial score (nSPS) is 10.9. The van der Waals surface area contributed by atoms with Crippen LogP contribution in [-0.4, -0.2) is 17.4 Å². The van der Waals surface area contributed by atoms with Crippen molar-refractivity contribution in [2.75, 3.05) is 0 Å². The van der Waals surface area contributed by atoms with E-state index in [1.54, 1.807) is 36.5 Å². The van der Waals surface area contributed by atoms with Crippen LogP contribution in [-0.2, 0) is 0 Å². The van der Waals surface area contributed by atoms with Crippen molar-refractivity contribution in [1.29, 1.82) is 5.26 Å². The third-order valence-electron chi connectivity index (χ3n) is 2.29. The predicted molar refractivity (Wildman–Crippen MR) is 77.3 cm³/mol. The summed E-state index contributed by atoms with van der Waals surface area (Å²) in [4.78, 5) is 10.7. The molecule has 2 rings (SSSR count). The molecule has 0 amide bonds. The molecule has 98 valence electrons. The minimum Gasteiger partial charge on any atom is -0.258 e. The van der Waals surface area contributed by atoms with Gasteiger partial charge in [-0.05, 0) is 23.8 Å². The molecule has 0 saturated heterocycles. The molecule has 0 unspecified atom stereocenters. The largest absolute Gasteiger partial charge is 0.324 e. The number of rotatable bonds is 4. The Bertz CT molecular complexity index is 711. The Balaban J connectivity index is 1.99. The fourth-order valence-electron chi connectivity index (χ4n) is 1.34. The third-order valence-corrected chi connectivity index (χ3v) is 3.26. The van der Waals surface area contributed by atoms with E-state index in [9.17, 15) is 10.1 Å². The van der Waals surface area contributed by atoms with Crippen molar-refractivity contribution in [3.63, 3.8) is 0 Å². The lowest BCUT2D eigenvalue weighted by Crippen LogP contribution is -1.81. The Morgan fingerprint density at radius 1 is 1.15 bits per heavy atom. The molecule has 20 heavy (non-hydrogen) atoms. The number of benzene rings is 1. The van der Waals surface area contributed by atoms with Crippen molar-refractivity contribution >= 4 is 28.8 Å². The summed E-state index contributed by atoms with van der Waals surface area (Å²) in [6.07, 6.45) is 3.00. The molecular formula is C13H8N4O2S. The molecular weight excluding hydrogens is 276 g/mol. The number of hydrogen-bond acceptors (Lipinski definition) is 6. The first kappa shape index (κ1) is 13.6. The van der Waals surface area contributed by atoms with Crippen LogP contribution in [0.15, 0.2) is 46.6 Å². The van der Waals surface area contributed by atoms with Gasteiger partial charge in [-0.2, -0.15) is 15.5 Å². The Labute approximate surface area is 118 Å². The van der Waals surface area contributed by atoms with Crippen LogP contribution >= 0.6 is 11.3 Å². The molecule has 0 radical (unpaired) electrons. The lowest BCUT2D eigenvalue weighted by Gasteiger charge is -1.90. The lowest BCUT2D eigenvalue weighted by molar-refractivity contribution is -0.380. The van der Waals surface area contributed by atoms with Crippen LogP contribution in [0.4, 0.5) is 5.00 Å². The SMILES string of the molecule is N#Cc1ccc(/C=N/N=C/c2ccc([N+](=O)[O-])s2)cc1. The molecule has 0 atom stereocenters. The van der Waals surface area contributed by atoms with E-state index in [2.05, 4.69) is 10.2 Å². The maximum atomic E-state index is 10.5. The number of hydrogen-bond donors (Lipinski definition) is 0. The van der Waals surface area contributed by atoms with E-state index in [0.29, 0.717) is 10.4 Å². The standard InChI is InChI=1S/C13H8N4O2S/c14-7-10-1-3-11(4-2-10)8-15-16-9-12-5-6-13(20-12)17(18)19/h1-6,8-9H/b15-8+,16-9+. The average molecular weight is 284 g/mol. The summed E-state index contributed by atoms with van der Waals surface area (Å²) in [5.74, 6) is 0. The van der Waals surface area contributed by atoms with Gasteiger partial charge in [-0.15, -0.1) is 0 Å². The van der Waals surface area contributed by atoms with Gasteiger partial charge in [-0.1, -0.05) is 23.5 Å². The summed E-state index contributed by atoms with van der Waals surface area (Å²) in [6, 6.07) is 12.0. The molecule has 1 aromatic heterocycles. The van der Waals surface area contributed by atoms with E-state index < -0.39 is 4.92 Å². The number of nitrogens with zero attached hydrogens (tertiary/aromatic N) is 4. The Kier molecular flexibility index (Phi) is 4.32. The van der Waals surface area contributed by atoms with Gasteiger partial charge in [-0.3, -0.25) is 10.1 Å². The molecule has 0 spiro atoms. The first-order chi connectivity index (χ1) is 9.69. The monoisotopic (exact) mass is 284 g/mol. The molecule has 1 aromatic carbocycles. The highest BCUT2D eigenvalue weighted by atomic mass is 32.1. The molecule has 0 bridgehead atoms. The fourth-order valence-corrected chi connectivity index (χ4v) is 2.03. The fraction of sp³-hybridized carbons (Fsp3) is 0. The quantitative estimate of drug-likeness (QED) is 0.491. The summed E-state index contributed by atoms with van der Waals surface area (Å²) in [5, 5.41) is 26.9. The first-order valence-corrected chi connectivity index (χ1v) is 6.31. The van der Waals surface area contributed by atoms with Crippen LogP contribution in [0.1, 0.15) is 16.0 Å². The number of nitro groups is 1. The van der Waals surface area contributed by atoms with Crippen LogP contribution in [0, 0.1) is 21.4 Å². The molecule has 0 fully saturated rings. The highest BCUT2D eigenvalue weighted by Gasteiger charge is 2.07. The first-order valence-electron chi connectivity index (χ1n) is 5.50. The van der Waals surface area contributed by atoms with Crippen molar-refractivity contribution in [2.45, 2.75) is 0 Å². The molecule has 6 nitrogen and oxygen atoms in total. The highest BCUT2D eigenvalue weighted by molar-refractivity contribution is 7.16. The van der Waals surface area contributed by atoms with Crippen molar-refractivity contribution in [3.05, 3.63) is 62.5 Å². The third kappa shape index (κ3) is 3.57. The summed E-state index contributed by atoms with van der Waals surface area (Å²) in [5.41, 5.74) is 1.40. The van der Waals surface area contributed by atoms with E-state index in [1.165, 1.54) is 12.3 Å². The minimum absolute atomic E-state index is 0.0718. The van der Waals surface area contributed by atoms with Crippen molar-refractivity contribution in [1.82, 2.24) is 0 Å². The second-order valence-corrected chi connectivity index (χ2v) is 4.75. The van der Waals surface area contributed by atoms with Gasteiger partial charge in [0.25, 0.3) is 0 Å². The zero-order valence-corrected chi connectivity index (χ0v) is 10.9. The molecule has 2 aromatic rings. The smallest absolute Gasteiger partial charge is 0.258 e. The van der Waals surface area contributed by atoms with Gasteiger partial charge in [0.2, 0.25) is 0 Å². The van der Waals surface area contributed by atoms with Crippen LogP contribution in [0.3, 0.4) is 0 Å². The summed E-state index contributed by atoms with van der Waals surface area (Å²) in [6.45, 7) is 0. The van der Waals surface area contributed by atoms with E-state index >= 15 is 0 Å². The van der Waals surface area contributed by atoms with Crippen LogP contribution in [0.2, 0.25) is 0 Å². The summed E-state index contributed by atoms with van der Waals surface area (Å²) < 4.78 is 0. The maximum absolute atomic E-state index is 10.5. The number of thiophene rings is 1. The predicted octanol–water partition coefficient (Wildman–Crippen LogP) is 2.98. The van der Waals surface area contributed by atoms with E-state index in [-0.39, 0.29) is 5.00 Å². The van der Waals surface area contributed by atoms with Crippen molar-refractivity contribution in [2.24, 2.45) is 10.2 Å². The van der Waals surface area contributed by atoms with E-state index in [0.717, 1.165) is 16.9 Å². The van der Waals surface area contributed by atoms with Crippen LogP contribution in [0.25, 0.3) is 0 Å². The minimum atomic E-state index is -0.442. The van der Waals surface area contributed by atoms with Crippen LogP contribution < -0.4 is 0 Å².